The van der Waals surface area contributed by atoms with E-state index in [1.807, 2.05) is 0 Å². The highest BCUT2D eigenvalue weighted by atomic mass is 16.5. The number of allylic oxidation sites excluding steroid dienone is 2. The first-order valence-corrected chi connectivity index (χ1v) is 9.68. The fourth-order valence-electron chi connectivity index (χ4n) is 4.69. The summed E-state index contributed by atoms with van der Waals surface area (Å²) in [6.45, 7) is 3.22. The molecule has 3 fully saturated rings. The third-order valence-electron chi connectivity index (χ3n) is 6.42. The van der Waals surface area contributed by atoms with Crippen LogP contribution in [0.25, 0.3) is 0 Å². The highest BCUT2D eigenvalue weighted by Gasteiger charge is 2.29. The Morgan fingerprint density at radius 2 is 1.27 bits per heavy atom. The number of aliphatic hydroxyl groups is 1. The Kier molecular flexibility index (Phi) is 5.98. The first-order chi connectivity index (χ1) is 10.7. The van der Waals surface area contributed by atoms with Gasteiger partial charge in [-0.15, -0.1) is 0 Å². The largest absolute Gasteiger partial charge is 0.393 e. The molecule has 0 aromatic rings. The number of aliphatic hydroxyl groups excluding tert-OH is 1. The fourth-order valence-corrected chi connectivity index (χ4v) is 4.69. The zero-order valence-electron chi connectivity index (χ0n) is 14.3. The minimum atomic E-state index is -0.0273. The van der Waals surface area contributed by atoms with Gasteiger partial charge in [0, 0.05) is 0 Å². The molecule has 2 heteroatoms. The van der Waals surface area contributed by atoms with E-state index in [1.165, 1.54) is 51.4 Å². The van der Waals surface area contributed by atoms with E-state index in [9.17, 15) is 5.11 Å². The molecule has 3 rings (SSSR count). The van der Waals surface area contributed by atoms with Gasteiger partial charge in [-0.25, -0.2) is 0 Å². The second kappa shape index (κ2) is 7.97. The molecule has 2 nitrogen and oxygen atoms in total. The predicted molar refractivity (Wildman–Crippen MR) is 90.7 cm³/mol. The van der Waals surface area contributed by atoms with Crippen molar-refractivity contribution in [3.63, 3.8) is 0 Å². The van der Waals surface area contributed by atoms with E-state index in [4.69, 9.17) is 4.74 Å². The molecule has 3 aliphatic rings. The van der Waals surface area contributed by atoms with Crippen LogP contribution in [0.3, 0.4) is 0 Å². The molecular weight excluding hydrogens is 272 g/mol. The summed E-state index contributed by atoms with van der Waals surface area (Å²) in [5.41, 5.74) is 0. The van der Waals surface area contributed by atoms with Gasteiger partial charge >= 0.3 is 0 Å². The van der Waals surface area contributed by atoms with Crippen molar-refractivity contribution in [1.82, 2.24) is 0 Å². The Labute approximate surface area is 136 Å². The molecule has 2 unspecified atom stereocenters. The summed E-state index contributed by atoms with van der Waals surface area (Å²) in [7, 11) is 0. The maximum atomic E-state index is 9.58. The summed E-state index contributed by atoms with van der Waals surface area (Å²) in [6, 6.07) is 0. The molecule has 2 atom stereocenters. The standard InChI is InChI=1S/C20H34O2/c1-15-2-9-19(14-22-15)18-10-5-16(6-11-18)3-4-17-7-12-20(21)13-8-17/h3-4,15-21H,2,5-14H2,1H3/b4-3+. The summed E-state index contributed by atoms with van der Waals surface area (Å²) >= 11 is 0. The third kappa shape index (κ3) is 4.58. The van der Waals surface area contributed by atoms with Gasteiger partial charge in [0.2, 0.25) is 0 Å². The van der Waals surface area contributed by atoms with Crippen LogP contribution in [0.1, 0.15) is 71.1 Å². The molecule has 0 spiro atoms. The van der Waals surface area contributed by atoms with Crippen LogP contribution in [0.15, 0.2) is 12.2 Å². The summed E-state index contributed by atoms with van der Waals surface area (Å²) in [6.07, 6.45) is 18.0. The van der Waals surface area contributed by atoms with Crippen molar-refractivity contribution < 1.29 is 9.84 Å². The van der Waals surface area contributed by atoms with Gasteiger partial charge in [-0.2, -0.15) is 0 Å². The second-order valence-electron chi connectivity index (χ2n) is 8.11. The van der Waals surface area contributed by atoms with Crippen LogP contribution >= 0.6 is 0 Å². The van der Waals surface area contributed by atoms with Gasteiger partial charge in [0.25, 0.3) is 0 Å². The molecule has 0 bridgehead atoms. The van der Waals surface area contributed by atoms with Crippen molar-refractivity contribution >= 4 is 0 Å². The molecule has 22 heavy (non-hydrogen) atoms. The Hall–Kier alpha value is -0.340. The molecule has 0 aromatic carbocycles. The van der Waals surface area contributed by atoms with Gasteiger partial charge in [-0.1, -0.05) is 12.2 Å². The summed E-state index contributed by atoms with van der Waals surface area (Å²) in [4.78, 5) is 0. The summed E-state index contributed by atoms with van der Waals surface area (Å²) < 4.78 is 5.87. The molecule has 2 aliphatic carbocycles. The Morgan fingerprint density at radius 3 is 1.82 bits per heavy atom. The van der Waals surface area contributed by atoms with Gasteiger partial charge in [0.05, 0.1) is 18.8 Å². The number of hydrogen-bond acceptors (Lipinski definition) is 2. The molecule has 126 valence electrons. The van der Waals surface area contributed by atoms with Gasteiger partial charge < -0.3 is 9.84 Å². The maximum absolute atomic E-state index is 9.58. The lowest BCUT2D eigenvalue weighted by atomic mass is 9.73. The number of hydrogen-bond donors (Lipinski definition) is 1. The van der Waals surface area contributed by atoms with Crippen molar-refractivity contribution in [2.24, 2.45) is 23.7 Å². The highest BCUT2D eigenvalue weighted by Crippen LogP contribution is 2.38. The van der Waals surface area contributed by atoms with E-state index in [2.05, 4.69) is 19.1 Å². The predicted octanol–water partition coefficient (Wildman–Crippen LogP) is 4.72. The first-order valence-electron chi connectivity index (χ1n) is 9.68. The van der Waals surface area contributed by atoms with E-state index < -0.39 is 0 Å². The Morgan fingerprint density at radius 1 is 0.727 bits per heavy atom. The average molecular weight is 306 g/mol. The van der Waals surface area contributed by atoms with E-state index in [1.54, 1.807) is 0 Å². The van der Waals surface area contributed by atoms with Crippen LogP contribution in [-0.2, 0) is 4.74 Å². The van der Waals surface area contributed by atoms with E-state index in [0.29, 0.717) is 6.10 Å². The third-order valence-corrected chi connectivity index (χ3v) is 6.42. The summed E-state index contributed by atoms with van der Waals surface area (Å²) in [5, 5.41) is 9.58. The highest BCUT2D eigenvalue weighted by molar-refractivity contribution is 4.96. The van der Waals surface area contributed by atoms with Crippen molar-refractivity contribution in [1.29, 1.82) is 0 Å². The molecule has 0 radical (unpaired) electrons. The zero-order chi connectivity index (χ0) is 15.4. The van der Waals surface area contributed by atoms with Crippen LogP contribution in [0.4, 0.5) is 0 Å². The minimum Gasteiger partial charge on any atom is -0.393 e. The van der Waals surface area contributed by atoms with Crippen LogP contribution < -0.4 is 0 Å². The number of ether oxygens (including phenoxy) is 1. The van der Waals surface area contributed by atoms with Crippen molar-refractivity contribution in [2.45, 2.75) is 83.3 Å². The Balaban J connectivity index is 1.38. The SMILES string of the molecule is CC1CCC(C2CCC(/C=C/C3CCC(O)CC3)CC2)CO1. The van der Waals surface area contributed by atoms with E-state index >= 15 is 0 Å². The molecule has 2 saturated carbocycles. The minimum absolute atomic E-state index is 0.0273. The van der Waals surface area contributed by atoms with Gasteiger partial charge in [-0.05, 0) is 94.8 Å². The number of rotatable bonds is 3. The van der Waals surface area contributed by atoms with E-state index in [0.717, 1.165) is 43.1 Å². The quantitative estimate of drug-likeness (QED) is 0.765. The molecule has 1 heterocycles. The zero-order valence-corrected chi connectivity index (χ0v) is 14.3. The van der Waals surface area contributed by atoms with Crippen molar-refractivity contribution in [3.05, 3.63) is 12.2 Å². The normalized spacial score (nSPS) is 44.3. The molecule has 1 N–H and O–H groups in total. The maximum Gasteiger partial charge on any atom is 0.0547 e. The molecule has 0 aromatic heterocycles. The van der Waals surface area contributed by atoms with Crippen LogP contribution in [0, 0.1) is 23.7 Å². The Bertz CT molecular complexity index is 341. The van der Waals surface area contributed by atoms with Crippen LogP contribution in [0.5, 0.6) is 0 Å². The molecule has 1 aliphatic heterocycles. The van der Waals surface area contributed by atoms with Gasteiger partial charge in [0.1, 0.15) is 0 Å². The van der Waals surface area contributed by atoms with Gasteiger partial charge in [-0.3, -0.25) is 0 Å². The lowest BCUT2D eigenvalue weighted by Gasteiger charge is -2.36. The fraction of sp³-hybridized carbons (Fsp3) is 0.900. The molecule has 0 amide bonds. The summed E-state index contributed by atoms with van der Waals surface area (Å²) in [5.74, 6) is 3.30. The van der Waals surface area contributed by atoms with Crippen molar-refractivity contribution in [3.8, 4) is 0 Å². The van der Waals surface area contributed by atoms with Gasteiger partial charge in [0.15, 0.2) is 0 Å². The molecular formula is C20H34O2. The second-order valence-corrected chi connectivity index (χ2v) is 8.11. The first kappa shape index (κ1) is 16.5. The lowest BCUT2D eigenvalue weighted by Crippen LogP contribution is -2.31. The average Bonchev–Trinajstić information content (AvgIpc) is 2.56. The van der Waals surface area contributed by atoms with Crippen LogP contribution in [0.2, 0.25) is 0 Å². The monoisotopic (exact) mass is 306 g/mol. The topological polar surface area (TPSA) is 29.5 Å². The van der Waals surface area contributed by atoms with Crippen LogP contribution in [-0.4, -0.2) is 23.9 Å². The van der Waals surface area contributed by atoms with E-state index in [-0.39, 0.29) is 6.10 Å². The lowest BCUT2D eigenvalue weighted by molar-refractivity contribution is -0.0287. The molecule has 1 saturated heterocycles. The van der Waals surface area contributed by atoms with Crippen molar-refractivity contribution in [2.75, 3.05) is 6.61 Å². The smallest absolute Gasteiger partial charge is 0.0547 e.